The predicted octanol–water partition coefficient (Wildman–Crippen LogP) is 2.89. The van der Waals surface area contributed by atoms with Gasteiger partial charge in [0.1, 0.15) is 11.9 Å². The van der Waals surface area contributed by atoms with E-state index in [-0.39, 0.29) is 12.0 Å². The van der Waals surface area contributed by atoms with Crippen molar-refractivity contribution in [2.75, 3.05) is 29.5 Å². The summed E-state index contributed by atoms with van der Waals surface area (Å²) in [5, 5.41) is 2.92. The van der Waals surface area contributed by atoms with E-state index in [1.54, 1.807) is 18.3 Å². The monoisotopic (exact) mass is 384 g/mol. The third kappa shape index (κ3) is 4.71. The molecule has 2 aliphatic heterocycles. The number of aromatic nitrogens is 2. The maximum atomic E-state index is 12.3. The Labute approximate surface area is 163 Å². The number of rotatable bonds is 6. The molecule has 2 aliphatic rings. The van der Waals surface area contributed by atoms with Crippen molar-refractivity contribution >= 4 is 23.5 Å². The fourth-order valence-corrected chi connectivity index (χ4v) is 4.39. The third-order valence-electron chi connectivity index (χ3n) is 4.87. The minimum absolute atomic E-state index is 0.144. The van der Waals surface area contributed by atoms with Gasteiger partial charge in [-0.2, -0.15) is 11.8 Å². The summed E-state index contributed by atoms with van der Waals surface area (Å²) in [5.74, 6) is 3.60. The molecule has 1 unspecified atom stereocenters. The number of carbonyl (C=O) groups is 1. The lowest BCUT2D eigenvalue weighted by atomic mass is 10.2. The molecule has 27 heavy (non-hydrogen) atoms. The van der Waals surface area contributed by atoms with Gasteiger partial charge in [-0.1, -0.05) is 6.07 Å². The number of amides is 1. The molecule has 0 radical (unpaired) electrons. The zero-order chi connectivity index (χ0) is 18.5. The second kappa shape index (κ2) is 8.61. The van der Waals surface area contributed by atoms with Crippen LogP contribution in [0.25, 0.3) is 0 Å². The molecule has 2 aromatic rings. The molecule has 6 nitrogen and oxygen atoms in total. The van der Waals surface area contributed by atoms with E-state index < -0.39 is 0 Å². The van der Waals surface area contributed by atoms with Crippen molar-refractivity contribution in [2.45, 2.75) is 31.9 Å². The molecule has 0 bridgehead atoms. The lowest BCUT2D eigenvalue weighted by molar-refractivity contribution is 0.0950. The summed E-state index contributed by atoms with van der Waals surface area (Å²) in [4.78, 5) is 23.4. The van der Waals surface area contributed by atoms with E-state index in [2.05, 4.69) is 20.2 Å². The summed E-state index contributed by atoms with van der Waals surface area (Å²) in [7, 11) is 0. The van der Waals surface area contributed by atoms with Crippen LogP contribution in [0.2, 0.25) is 0 Å². The number of thioether (sulfide) groups is 1. The normalized spacial score (nSPS) is 19.3. The van der Waals surface area contributed by atoms with Gasteiger partial charge >= 0.3 is 0 Å². The zero-order valence-corrected chi connectivity index (χ0v) is 16.1. The molecule has 0 aromatic carbocycles. The Balaban J connectivity index is 1.28. The van der Waals surface area contributed by atoms with Gasteiger partial charge in [0, 0.05) is 43.8 Å². The number of nitrogens with one attached hydrogen (secondary N) is 1. The molecule has 1 N–H and O–H groups in total. The number of ether oxygens (including phenoxy) is 1. The van der Waals surface area contributed by atoms with E-state index in [9.17, 15) is 4.79 Å². The number of hydrogen-bond donors (Lipinski definition) is 1. The van der Waals surface area contributed by atoms with E-state index in [4.69, 9.17) is 4.74 Å². The first-order chi connectivity index (χ1) is 13.3. The van der Waals surface area contributed by atoms with Gasteiger partial charge in [0.05, 0.1) is 5.56 Å². The van der Waals surface area contributed by atoms with Gasteiger partial charge in [-0.3, -0.25) is 4.79 Å². The standard InChI is InChI=1S/C20H24N4O2S/c25-20(16-4-6-19(22-13-16)26-17-7-10-27-14-17)23-12-15-3-5-18(21-11-15)24-8-1-2-9-24/h3-6,11,13,17H,1-2,7-10,12,14H2,(H,23,25). The van der Waals surface area contributed by atoms with E-state index in [1.165, 1.54) is 12.8 Å². The van der Waals surface area contributed by atoms with Crippen LogP contribution < -0.4 is 15.0 Å². The Kier molecular flexibility index (Phi) is 5.77. The molecule has 2 fully saturated rings. The highest BCUT2D eigenvalue weighted by Gasteiger charge is 2.18. The SMILES string of the molecule is O=C(NCc1ccc(N2CCCC2)nc1)c1ccc(OC2CCSC2)nc1. The topological polar surface area (TPSA) is 67.4 Å². The van der Waals surface area contributed by atoms with Crippen LogP contribution in [0.1, 0.15) is 35.2 Å². The van der Waals surface area contributed by atoms with Gasteiger partial charge < -0.3 is 15.0 Å². The van der Waals surface area contributed by atoms with E-state index in [0.717, 1.165) is 42.4 Å². The second-order valence-corrected chi connectivity index (χ2v) is 8.04. The molecular weight excluding hydrogens is 360 g/mol. The highest BCUT2D eigenvalue weighted by molar-refractivity contribution is 7.99. The van der Waals surface area contributed by atoms with Crippen LogP contribution in [-0.4, -0.2) is 46.6 Å². The molecule has 1 amide bonds. The fourth-order valence-electron chi connectivity index (χ4n) is 3.30. The maximum Gasteiger partial charge on any atom is 0.253 e. The quantitative estimate of drug-likeness (QED) is 0.826. The lowest BCUT2D eigenvalue weighted by Gasteiger charge is -2.16. The summed E-state index contributed by atoms with van der Waals surface area (Å²) in [6.07, 6.45) is 7.16. The number of nitrogens with zero attached hydrogens (tertiary/aromatic N) is 3. The average molecular weight is 385 g/mol. The van der Waals surface area contributed by atoms with Crippen LogP contribution in [-0.2, 0) is 6.54 Å². The Morgan fingerprint density at radius 1 is 1.19 bits per heavy atom. The first-order valence-electron chi connectivity index (χ1n) is 9.46. The molecule has 0 spiro atoms. The van der Waals surface area contributed by atoms with Crippen molar-refractivity contribution < 1.29 is 9.53 Å². The molecule has 1 atom stereocenters. The number of pyridine rings is 2. The third-order valence-corrected chi connectivity index (χ3v) is 6.00. The van der Waals surface area contributed by atoms with E-state index in [1.807, 2.05) is 30.1 Å². The van der Waals surface area contributed by atoms with Crippen molar-refractivity contribution in [3.8, 4) is 5.88 Å². The van der Waals surface area contributed by atoms with Gasteiger partial charge in [-0.05, 0) is 42.7 Å². The Morgan fingerprint density at radius 2 is 2.07 bits per heavy atom. The molecule has 2 aromatic heterocycles. The predicted molar refractivity (Wildman–Crippen MR) is 107 cm³/mol. The molecule has 7 heteroatoms. The molecular formula is C20H24N4O2S. The van der Waals surface area contributed by atoms with Crippen molar-refractivity contribution in [1.82, 2.24) is 15.3 Å². The van der Waals surface area contributed by atoms with Gasteiger partial charge in [0.2, 0.25) is 5.88 Å². The van der Waals surface area contributed by atoms with Crippen molar-refractivity contribution in [2.24, 2.45) is 0 Å². The van der Waals surface area contributed by atoms with E-state index >= 15 is 0 Å². The van der Waals surface area contributed by atoms with Crippen molar-refractivity contribution in [3.05, 3.63) is 47.8 Å². The fraction of sp³-hybridized carbons (Fsp3) is 0.450. The molecule has 2 saturated heterocycles. The van der Waals surface area contributed by atoms with Crippen molar-refractivity contribution in [3.63, 3.8) is 0 Å². The Morgan fingerprint density at radius 3 is 2.74 bits per heavy atom. The maximum absolute atomic E-state index is 12.3. The lowest BCUT2D eigenvalue weighted by Crippen LogP contribution is -2.23. The highest BCUT2D eigenvalue weighted by atomic mass is 32.2. The van der Waals surface area contributed by atoms with Crippen LogP contribution in [0, 0.1) is 0 Å². The summed E-state index contributed by atoms with van der Waals surface area (Å²) in [6.45, 7) is 2.61. The number of hydrogen-bond acceptors (Lipinski definition) is 6. The summed E-state index contributed by atoms with van der Waals surface area (Å²) in [5.41, 5.74) is 1.52. The first kappa shape index (κ1) is 18.1. The molecule has 4 rings (SSSR count). The summed E-state index contributed by atoms with van der Waals surface area (Å²) < 4.78 is 5.82. The zero-order valence-electron chi connectivity index (χ0n) is 15.3. The van der Waals surface area contributed by atoms with Gasteiger partial charge in [-0.15, -0.1) is 0 Å². The van der Waals surface area contributed by atoms with Crippen LogP contribution >= 0.6 is 11.8 Å². The largest absolute Gasteiger partial charge is 0.473 e. The van der Waals surface area contributed by atoms with Gasteiger partial charge in [0.25, 0.3) is 5.91 Å². The minimum atomic E-state index is -0.144. The highest BCUT2D eigenvalue weighted by Crippen LogP contribution is 2.22. The average Bonchev–Trinajstić information content (AvgIpc) is 3.41. The molecule has 0 saturated carbocycles. The minimum Gasteiger partial charge on any atom is -0.473 e. The molecule has 4 heterocycles. The van der Waals surface area contributed by atoms with Gasteiger partial charge in [0.15, 0.2) is 0 Å². The van der Waals surface area contributed by atoms with Crippen LogP contribution in [0.15, 0.2) is 36.7 Å². The summed E-state index contributed by atoms with van der Waals surface area (Å²) in [6, 6.07) is 7.58. The van der Waals surface area contributed by atoms with Crippen LogP contribution in [0.3, 0.4) is 0 Å². The van der Waals surface area contributed by atoms with Crippen LogP contribution in [0.4, 0.5) is 5.82 Å². The molecule has 0 aliphatic carbocycles. The van der Waals surface area contributed by atoms with Crippen molar-refractivity contribution in [1.29, 1.82) is 0 Å². The Bertz CT molecular complexity index is 755. The number of carbonyl (C=O) groups excluding carboxylic acids is 1. The van der Waals surface area contributed by atoms with Crippen LogP contribution in [0.5, 0.6) is 5.88 Å². The van der Waals surface area contributed by atoms with Gasteiger partial charge in [-0.25, -0.2) is 9.97 Å². The first-order valence-corrected chi connectivity index (χ1v) is 10.6. The Hall–Kier alpha value is -2.28. The second-order valence-electron chi connectivity index (χ2n) is 6.89. The number of anilines is 1. The smallest absolute Gasteiger partial charge is 0.253 e. The summed E-state index contributed by atoms with van der Waals surface area (Å²) >= 11 is 1.90. The van der Waals surface area contributed by atoms with E-state index in [0.29, 0.717) is 18.0 Å². The molecule has 142 valence electrons.